The summed E-state index contributed by atoms with van der Waals surface area (Å²) in [5.74, 6) is 0.762. The van der Waals surface area contributed by atoms with E-state index in [1.807, 2.05) is 19.2 Å². The number of aryl methyl sites for hydroxylation is 1. The number of likely N-dealkylation sites (tertiary alicyclic amines) is 1. The molecule has 2 rings (SSSR count). The molecule has 116 valence electrons. The Labute approximate surface area is 127 Å². The predicted octanol–water partition coefficient (Wildman–Crippen LogP) is 1.90. The lowest BCUT2D eigenvalue weighted by Crippen LogP contribution is -2.46. The van der Waals surface area contributed by atoms with Crippen molar-refractivity contribution in [2.24, 2.45) is 0 Å². The standard InChI is InChI=1S/C16H26N4O/c1-4-6-13-9-12(10-15(17-2)18-13)16(21)19-14-7-5-8-20(3)11-14/h9-10,14H,4-8,11H2,1-3H3,(H,17,18)(H,19,21). The van der Waals surface area contributed by atoms with E-state index < -0.39 is 0 Å². The quantitative estimate of drug-likeness (QED) is 0.869. The second-order valence-electron chi connectivity index (χ2n) is 5.81. The van der Waals surface area contributed by atoms with E-state index in [0.717, 1.165) is 50.3 Å². The van der Waals surface area contributed by atoms with Gasteiger partial charge in [-0.15, -0.1) is 0 Å². The largest absolute Gasteiger partial charge is 0.373 e. The first kappa shape index (κ1) is 15.8. The average Bonchev–Trinajstić information content (AvgIpc) is 2.47. The summed E-state index contributed by atoms with van der Waals surface area (Å²) < 4.78 is 0. The minimum atomic E-state index is 0.00607. The molecule has 5 heteroatoms. The summed E-state index contributed by atoms with van der Waals surface area (Å²) in [6.07, 6.45) is 4.11. The van der Waals surface area contributed by atoms with Crippen LogP contribution in [0.15, 0.2) is 12.1 Å². The van der Waals surface area contributed by atoms with Gasteiger partial charge >= 0.3 is 0 Å². The van der Waals surface area contributed by atoms with Gasteiger partial charge in [-0.1, -0.05) is 13.3 Å². The number of hydrogen-bond donors (Lipinski definition) is 2. The number of nitrogens with one attached hydrogen (secondary N) is 2. The number of likely N-dealkylation sites (N-methyl/N-ethyl adjacent to an activating group) is 1. The molecule has 0 spiro atoms. The maximum atomic E-state index is 12.5. The van der Waals surface area contributed by atoms with E-state index in [4.69, 9.17) is 0 Å². The van der Waals surface area contributed by atoms with Crippen LogP contribution in [0.3, 0.4) is 0 Å². The molecule has 1 aliphatic heterocycles. The van der Waals surface area contributed by atoms with Crippen molar-refractivity contribution in [1.82, 2.24) is 15.2 Å². The van der Waals surface area contributed by atoms with Crippen LogP contribution in [0.5, 0.6) is 0 Å². The zero-order valence-corrected chi connectivity index (χ0v) is 13.3. The molecule has 0 bridgehead atoms. The summed E-state index contributed by atoms with van der Waals surface area (Å²) in [5.41, 5.74) is 1.67. The summed E-state index contributed by atoms with van der Waals surface area (Å²) >= 11 is 0. The predicted molar refractivity (Wildman–Crippen MR) is 85.8 cm³/mol. The van der Waals surface area contributed by atoms with Gasteiger partial charge in [0.1, 0.15) is 5.82 Å². The van der Waals surface area contributed by atoms with Gasteiger partial charge in [-0.05, 0) is 45.0 Å². The highest BCUT2D eigenvalue weighted by Gasteiger charge is 2.20. The Balaban J connectivity index is 2.08. The van der Waals surface area contributed by atoms with E-state index in [2.05, 4.69) is 34.5 Å². The summed E-state index contributed by atoms with van der Waals surface area (Å²) in [4.78, 5) is 19.2. The van der Waals surface area contributed by atoms with Gasteiger partial charge in [0.2, 0.25) is 0 Å². The van der Waals surface area contributed by atoms with Crippen LogP contribution in [0.4, 0.5) is 5.82 Å². The summed E-state index contributed by atoms with van der Waals surface area (Å²) in [6, 6.07) is 3.98. The maximum Gasteiger partial charge on any atom is 0.251 e. The highest BCUT2D eigenvalue weighted by atomic mass is 16.1. The molecule has 1 unspecified atom stereocenters. The Kier molecular flexibility index (Phi) is 5.56. The van der Waals surface area contributed by atoms with Crippen molar-refractivity contribution in [1.29, 1.82) is 0 Å². The highest BCUT2D eigenvalue weighted by molar-refractivity contribution is 5.95. The van der Waals surface area contributed by atoms with Gasteiger partial charge in [0.05, 0.1) is 0 Å². The molecular weight excluding hydrogens is 264 g/mol. The minimum Gasteiger partial charge on any atom is -0.373 e. The first-order valence-electron chi connectivity index (χ1n) is 7.80. The molecule has 1 aliphatic rings. The Hall–Kier alpha value is -1.62. The van der Waals surface area contributed by atoms with Crippen LogP contribution in [-0.2, 0) is 6.42 Å². The molecule has 5 nitrogen and oxygen atoms in total. The van der Waals surface area contributed by atoms with Crippen LogP contribution in [-0.4, -0.2) is 49.0 Å². The van der Waals surface area contributed by atoms with Gasteiger partial charge in [-0.25, -0.2) is 4.98 Å². The van der Waals surface area contributed by atoms with Crippen molar-refractivity contribution < 1.29 is 4.79 Å². The molecule has 0 aromatic carbocycles. The van der Waals surface area contributed by atoms with Crippen LogP contribution in [0.1, 0.15) is 42.2 Å². The lowest BCUT2D eigenvalue weighted by atomic mass is 10.1. The van der Waals surface area contributed by atoms with Crippen LogP contribution >= 0.6 is 0 Å². The number of carbonyl (C=O) groups is 1. The van der Waals surface area contributed by atoms with E-state index in [1.165, 1.54) is 0 Å². The number of pyridine rings is 1. The molecule has 1 fully saturated rings. The number of amides is 1. The van der Waals surface area contributed by atoms with Gasteiger partial charge in [0.25, 0.3) is 5.91 Å². The van der Waals surface area contributed by atoms with E-state index in [-0.39, 0.29) is 11.9 Å². The normalized spacial score (nSPS) is 19.3. The summed E-state index contributed by atoms with van der Waals surface area (Å²) in [5, 5.41) is 6.18. The molecule has 0 radical (unpaired) electrons. The Morgan fingerprint density at radius 3 is 2.95 bits per heavy atom. The number of carbonyl (C=O) groups excluding carboxylic acids is 1. The molecular formula is C16H26N4O. The zero-order chi connectivity index (χ0) is 15.2. The van der Waals surface area contributed by atoms with Crippen molar-refractivity contribution >= 4 is 11.7 Å². The van der Waals surface area contributed by atoms with Crippen LogP contribution < -0.4 is 10.6 Å². The van der Waals surface area contributed by atoms with Gasteiger partial charge in [-0.2, -0.15) is 0 Å². The molecule has 1 saturated heterocycles. The molecule has 2 heterocycles. The third-order valence-electron chi connectivity index (χ3n) is 3.86. The third-order valence-corrected chi connectivity index (χ3v) is 3.86. The van der Waals surface area contributed by atoms with E-state index in [1.54, 1.807) is 0 Å². The average molecular weight is 290 g/mol. The summed E-state index contributed by atoms with van der Waals surface area (Å²) in [6.45, 7) is 4.16. The lowest BCUT2D eigenvalue weighted by molar-refractivity contribution is 0.0912. The maximum absolute atomic E-state index is 12.5. The number of piperidine rings is 1. The number of nitrogens with zero attached hydrogens (tertiary/aromatic N) is 2. The first-order valence-corrected chi connectivity index (χ1v) is 7.80. The van der Waals surface area contributed by atoms with Gasteiger partial charge in [-0.3, -0.25) is 4.79 Å². The van der Waals surface area contributed by atoms with Crippen molar-refractivity contribution in [3.8, 4) is 0 Å². The summed E-state index contributed by atoms with van der Waals surface area (Å²) in [7, 11) is 3.93. The SMILES string of the molecule is CCCc1cc(C(=O)NC2CCCN(C)C2)cc(NC)n1. The molecule has 21 heavy (non-hydrogen) atoms. The number of anilines is 1. The van der Waals surface area contributed by atoms with Crippen LogP contribution in [0, 0.1) is 0 Å². The van der Waals surface area contributed by atoms with Gasteiger partial charge in [0.15, 0.2) is 0 Å². The van der Waals surface area contributed by atoms with E-state index in [9.17, 15) is 4.79 Å². The minimum absolute atomic E-state index is 0.00607. The van der Waals surface area contributed by atoms with E-state index >= 15 is 0 Å². The van der Waals surface area contributed by atoms with Crippen molar-refractivity contribution in [3.05, 3.63) is 23.4 Å². The molecule has 1 atom stereocenters. The molecule has 1 aromatic heterocycles. The van der Waals surface area contributed by atoms with Crippen molar-refractivity contribution in [2.75, 3.05) is 32.5 Å². The smallest absolute Gasteiger partial charge is 0.251 e. The number of hydrogen-bond acceptors (Lipinski definition) is 4. The van der Waals surface area contributed by atoms with Gasteiger partial charge in [0, 0.05) is 30.9 Å². The van der Waals surface area contributed by atoms with Crippen LogP contribution in [0.25, 0.3) is 0 Å². The first-order chi connectivity index (χ1) is 10.1. The monoisotopic (exact) mass is 290 g/mol. The van der Waals surface area contributed by atoms with Crippen LogP contribution in [0.2, 0.25) is 0 Å². The second kappa shape index (κ2) is 7.41. The second-order valence-corrected chi connectivity index (χ2v) is 5.81. The molecule has 1 aromatic rings. The highest BCUT2D eigenvalue weighted by Crippen LogP contribution is 2.14. The molecule has 2 N–H and O–H groups in total. The van der Waals surface area contributed by atoms with Gasteiger partial charge < -0.3 is 15.5 Å². The topological polar surface area (TPSA) is 57.3 Å². The molecule has 0 aliphatic carbocycles. The lowest BCUT2D eigenvalue weighted by Gasteiger charge is -2.30. The zero-order valence-electron chi connectivity index (χ0n) is 13.3. The Bertz CT molecular complexity index is 489. The van der Waals surface area contributed by atoms with Crippen molar-refractivity contribution in [3.63, 3.8) is 0 Å². The fraction of sp³-hybridized carbons (Fsp3) is 0.625. The third kappa shape index (κ3) is 4.43. The number of aromatic nitrogens is 1. The Morgan fingerprint density at radius 1 is 1.48 bits per heavy atom. The van der Waals surface area contributed by atoms with Crippen molar-refractivity contribution in [2.45, 2.75) is 38.6 Å². The number of rotatable bonds is 5. The fourth-order valence-corrected chi connectivity index (χ4v) is 2.78. The Morgan fingerprint density at radius 2 is 2.29 bits per heavy atom. The molecule has 0 saturated carbocycles. The fourth-order valence-electron chi connectivity index (χ4n) is 2.78. The molecule has 1 amide bonds. The van der Waals surface area contributed by atoms with E-state index in [0.29, 0.717) is 5.56 Å².